The molecule has 0 amide bonds. The van der Waals surface area contributed by atoms with Gasteiger partial charge in [-0.25, -0.2) is 0 Å². The number of benzene rings is 1. The van der Waals surface area contributed by atoms with E-state index in [-0.39, 0.29) is 11.4 Å². The van der Waals surface area contributed by atoms with Gasteiger partial charge in [0.1, 0.15) is 5.84 Å². The summed E-state index contributed by atoms with van der Waals surface area (Å²) >= 11 is 5.69. The largest absolute Gasteiger partial charge is 0.386 e. The van der Waals surface area contributed by atoms with Crippen molar-refractivity contribution < 1.29 is 8.42 Å². The Labute approximate surface area is 98.5 Å². The Morgan fingerprint density at radius 1 is 1.31 bits per heavy atom. The molecule has 5 nitrogen and oxygen atoms in total. The summed E-state index contributed by atoms with van der Waals surface area (Å²) in [7, 11) is -3.58. The topological polar surface area (TPSA) is 75.8 Å². The maximum atomic E-state index is 12.0. The number of nitrogens with two attached hydrogens (primary N) is 1. The average molecular weight is 260 g/mol. The molecule has 16 heavy (non-hydrogen) atoms. The van der Waals surface area contributed by atoms with Gasteiger partial charge in [-0.2, -0.15) is 12.8 Å². The third-order valence-electron chi connectivity index (χ3n) is 2.19. The predicted molar refractivity (Wildman–Crippen MR) is 61.6 cm³/mol. The second-order valence-corrected chi connectivity index (χ2v) is 5.63. The van der Waals surface area contributed by atoms with Crippen LogP contribution in [0.2, 0.25) is 5.02 Å². The SMILES string of the molecule is NC1=NN(S(=O)(=O)c2ccc(Cl)cc2)CC1. The van der Waals surface area contributed by atoms with E-state index in [9.17, 15) is 8.42 Å². The number of nitrogens with zero attached hydrogens (tertiary/aromatic N) is 2. The van der Waals surface area contributed by atoms with Crippen LogP contribution in [-0.4, -0.2) is 25.2 Å². The van der Waals surface area contributed by atoms with E-state index in [0.29, 0.717) is 17.3 Å². The van der Waals surface area contributed by atoms with Crippen molar-refractivity contribution in [2.45, 2.75) is 11.3 Å². The molecule has 0 aromatic heterocycles. The molecule has 86 valence electrons. The summed E-state index contributed by atoms with van der Waals surface area (Å²) in [5.41, 5.74) is 5.45. The van der Waals surface area contributed by atoms with Crippen molar-refractivity contribution in [1.82, 2.24) is 4.41 Å². The van der Waals surface area contributed by atoms with Crippen molar-refractivity contribution in [3.63, 3.8) is 0 Å². The van der Waals surface area contributed by atoms with E-state index in [2.05, 4.69) is 5.10 Å². The molecular weight excluding hydrogens is 250 g/mol. The van der Waals surface area contributed by atoms with Gasteiger partial charge in [-0.3, -0.25) is 0 Å². The third kappa shape index (κ3) is 1.98. The number of amidine groups is 1. The molecule has 1 aliphatic rings. The first-order chi connectivity index (χ1) is 7.50. The number of hydrogen-bond donors (Lipinski definition) is 1. The minimum absolute atomic E-state index is 0.162. The van der Waals surface area contributed by atoms with Crippen LogP contribution in [-0.2, 0) is 10.0 Å². The monoisotopic (exact) mass is 259 g/mol. The highest BCUT2D eigenvalue weighted by Crippen LogP contribution is 2.20. The molecule has 0 fully saturated rings. The first-order valence-electron chi connectivity index (χ1n) is 4.61. The molecule has 2 rings (SSSR count). The molecule has 1 aromatic rings. The van der Waals surface area contributed by atoms with Gasteiger partial charge in [-0.15, -0.1) is 5.10 Å². The first-order valence-corrected chi connectivity index (χ1v) is 6.43. The summed E-state index contributed by atoms with van der Waals surface area (Å²) in [6, 6.07) is 5.94. The fourth-order valence-corrected chi connectivity index (χ4v) is 2.75. The molecule has 0 spiro atoms. The second kappa shape index (κ2) is 3.95. The van der Waals surface area contributed by atoms with Crippen LogP contribution in [0.25, 0.3) is 0 Å². The number of rotatable bonds is 2. The second-order valence-electron chi connectivity index (χ2n) is 3.35. The van der Waals surface area contributed by atoms with Gasteiger partial charge in [0.05, 0.1) is 11.4 Å². The van der Waals surface area contributed by atoms with E-state index >= 15 is 0 Å². The van der Waals surface area contributed by atoms with E-state index in [0.717, 1.165) is 4.41 Å². The minimum atomic E-state index is -3.58. The number of sulfonamides is 1. The van der Waals surface area contributed by atoms with Crippen LogP contribution in [0.5, 0.6) is 0 Å². The van der Waals surface area contributed by atoms with Gasteiger partial charge in [0.2, 0.25) is 0 Å². The molecule has 7 heteroatoms. The molecule has 0 bridgehead atoms. The van der Waals surface area contributed by atoms with Crippen LogP contribution in [0.1, 0.15) is 6.42 Å². The Morgan fingerprint density at radius 3 is 2.44 bits per heavy atom. The summed E-state index contributed by atoms with van der Waals surface area (Å²) in [6.45, 7) is 0.288. The third-order valence-corrected chi connectivity index (χ3v) is 4.13. The summed E-state index contributed by atoms with van der Waals surface area (Å²) in [5.74, 6) is 0.331. The van der Waals surface area contributed by atoms with Crippen LogP contribution >= 0.6 is 11.6 Å². The quantitative estimate of drug-likeness (QED) is 0.861. The maximum Gasteiger partial charge on any atom is 0.279 e. The molecule has 1 heterocycles. The van der Waals surface area contributed by atoms with Crippen molar-refractivity contribution in [1.29, 1.82) is 0 Å². The fourth-order valence-electron chi connectivity index (χ4n) is 1.36. The Hall–Kier alpha value is -1.27. The zero-order valence-electron chi connectivity index (χ0n) is 8.30. The Balaban J connectivity index is 2.36. The Morgan fingerprint density at radius 2 is 1.94 bits per heavy atom. The smallest absolute Gasteiger partial charge is 0.279 e. The first kappa shape index (κ1) is 11.2. The van der Waals surface area contributed by atoms with Gasteiger partial charge in [0, 0.05) is 11.4 Å². The highest BCUT2D eigenvalue weighted by molar-refractivity contribution is 7.89. The number of hydrazone groups is 1. The predicted octanol–water partition coefficient (Wildman–Crippen LogP) is 1.01. The molecule has 2 N–H and O–H groups in total. The lowest BCUT2D eigenvalue weighted by Gasteiger charge is -2.13. The van der Waals surface area contributed by atoms with Crippen molar-refractivity contribution in [2.24, 2.45) is 10.8 Å². The van der Waals surface area contributed by atoms with Gasteiger partial charge in [-0.1, -0.05) is 11.6 Å². The molecule has 1 aromatic carbocycles. The van der Waals surface area contributed by atoms with Crippen LogP contribution in [0.3, 0.4) is 0 Å². The lowest BCUT2D eigenvalue weighted by molar-refractivity contribution is 0.461. The fraction of sp³-hybridized carbons (Fsp3) is 0.222. The van der Waals surface area contributed by atoms with Crippen molar-refractivity contribution >= 4 is 27.5 Å². The molecule has 0 unspecified atom stereocenters. The van der Waals surface area contributed by atoms with Gasteiger partial charge in [-0.05, 0) is 24.3 Å². The van der Waals surface area contributed by atoms with Crippen molar-refractivity contribution in [3.8, 4) is 0 Å². The van der Waals surface area contributed by atoms with Crippen LogP contribution in [0.15, 0.2) is 34.3 Å². The summed E-state index contributed by atoms with van der Waals surface area (Å²) < 4.78 is 25.0. The summed E-state index contributed by atoms with van der Waals surface area (Å²) in [4.78, 5) is 0.162. The molecule has 0 atom stereocenters. The van der Waals surface area contributed by atoms with Crippen LogP contribution in [0, 0.1) is 0 Å². The van der Waals surface area contributed by atoms with Crippen LogP contribution < -0.4 is 5.73 Å². The Kier molecular flexibility index (Phi) is 2.77. The number of halogens is 1. The molecule has 0 saturated heterocycles. The Bertz CT molecular complexity index is 524. The summed E-state index contributed by atoms with van der Waals surface area (Å²) in [6.07, 6.45) is 0.465. The zero-order chi connectivity index (χ0) is 11.8. The van der Waals surface area contributed by atoms with Gasteiger partial charge >= 0.3 is 0 Å². The molecule has 0 radical (unpaired) electrons. The molecule has 1 aliphatic heterocycles. The van der Waals surface area contributed by atoms with Gasteiger partial charge < -0.3 is 5.73 Å². The van der Waals surface area contributed by atoms with Crippen molar-refractivity contribution in [2.75, 3.05) is 6.54 Å². The van der Waals surface area contributed by atoms with E-state index in [4.69, 9.17) is 17.3 Å². The van der Waals surface area contributed by atoms with Crippen LogP contribution in [0.4, 0.5) is 0 Å². The molecule has 0 saturated carbocycles. The van der Waals surface area contributed by atoms with Gasteiger partial charge in [0.15, 0.2) is 0 Å². The van der Waals surface area contributed by atoms with E-state index < -0.39 is 10.0 Å². The zero-order valence-corrected chi connectivity index (χ0v) is 9.87. The highest BCUT2D eigenvalue weighted by Gasteiger charge is 2.26. The van der Waals surface area contributed by atoms with E-state index in [1.54, 1.807) is 0 Å². The van der Waals surface area contributed by atoms with E-state index in [1.165, 1.54) is 24.3 Å². The van der Waals surface area contributed by atoms with E-state index in [1.807, 2.05) is 0 Å². The normalized spacial score (nSPS) is 16.3. The van der Waals surface area contributed by atoms with Gasteiger partial charge in [0.25, 0.3) is 10.0 Å². The van der Waals surface area contributed by atoms with Crippen molar-refractivity contribution in [3.05, 3.63) is 29.3 Å². The lowest BCUT2D eigenvalue weighted by Crippen LogP contribution is -2.23. The average Bonchev–Trinajstić information content (AvgIpc) is 2.66. The maximum absolute atomic E-state index is 12.0. The summed E-state index contributed by atoms with van der Waals surface area (Å²) in [5, 5.41) is 4.26. The lowest BCUT2D eigenvalue weighted by atomic mass is 10.4. The molecule has 0 aliphatic carbocycles. The number of hydrogen-bond acceptors (Lipinski definition) is 4. The standard InChI is InChI=1S/C9H10ClN3O2S/c10-7-1-3-8(4-2-7)16(14,15)13-6-5-9(11)12-13/h1-4H,5-6H2,(H2,11,12). The highest BCUT2D eigenvalue weighted by atomic mass is 35.5. The molecular formula is C9H10ClN3O2S. The minimum Gasteiger partial charge on any atom is -0.386 e.